The third-order valence-electron chi connectivity index (χ3n) is 5.77. The number of pyridine rings is 1. The van der Waals surface area contributed by atoms with Crippen LogP contribution < -0.4 is 5.46 Å². The number of phenols is 1. The highest BCUT2D eigenvalue weighted by Crippen LogP contribution is 2.35. The van der Waals surface area contributed by atoms with Crippen LogP contribution in [0.1, 0.15) is 0 Å². The van der Waals surface area contributed by atoms with Gasteiger partial charge in [0.25, 0.3) is 0 Å². The fraction of sp³-hybridized carbons (Fsp3) is 0. The van der Waals surface area contributed by atoms with Gasteiger partial charge in [-0.3, -0.25) is 8.97 Å². The Labute approximate surface area is 181 Å². The molecule has 0 saturated carbocycles. The van der Waals surface area contributed by atoms with E-state index in [1.807, 2.05) is 47.0 Å². The van der Waals surface area contributed by atoms with Crippen LogP contribution in [0.25, 0.3) is 54.0 Å². The molecule has 0 saturated heterocycles. The fourth-order valence-electron chi connectivity index (χ4n) is 4.42. The predicted molar refractivity (Wildman–Crippen MR) is 127 cm³/mol. The standard InChI is InChI=1S/C24H13BN4OS/c25-15-5-3-6-17-23(15)27-24-28(17)16-9-8-13(30)12-18(16)29(24)21-11-10-20-22(26-21)14-4-1-2-7-19(14)31-20/h1-12,30H. The van der Waals surface area contributed by atoms with Crippen molar-refractivity contribution in [1.29, 1.82) is 0 Å². The minimum absolute atomic E-state index is 0.195. The molecule has 4 heterocycles. The minimum atomic E-state index is 0.195. The van der Waals surface area contributed by atoms with Crippen molar-refractivity contribution in [3.63, 3.8) is 0 Å². The Bertz CT molecular complexity index is 1830. The smallest absolute Gasteiger partial charge is 0.221 e. The zero-order valence-electron chi connectivity index (χ0n) is 16.1. The van der Waals surface area contributed by atoms with Gasteiger partial charge >= 0.3 is 0 Å². The van der Waals surface area contributed by atoms with E-state index in [0.29, 0.717) is 11.2 Å². The lowest BCUT2D eigenvalue weighted by molar-refractivity contribution is 0.476. The van der Waals surface area contributed by atoms with E-state index in [-0.39, 0.29) is 5.75 Å². The molecule has 7 aromatic rings. The number of para-hydroxylation sites is 1. The summed E-state index contributed by atoms with van der Waals surface area (Å²) in [5.74, 6) is 1.65. The molecule has 4 aromatic heterocycles. The first-order chi connectivity index (χ1) is 15.2. The van der Waals surface area contributed by atoms with Crippen molar-refractivity contribution in [2.45, 2.75) is 0 Å². The van der Waals surface area contributed by atoms with E-state index in [4.69, 9.17) is 17.8 Å². The van der Waals surface area contributed by atoms with Crippen molar-refractivity contribution >= 4 is 72.8 Å². The highest BCUT2D eigenvalue weighted by atomic mass is 32.1. The summed E-state index contributed by atoms with van der Waals surface area (Å²) in [5.41, 5.74) is 5.03. The molecule has 1 N–H and O–H groups in total. The molecule has 7 heteroatoms. The molecule has 0 unspecified atom stereocenters. The van der Waals surface area contributed by atoms with Crippen LogP contribution in [0.4, 0.5) is 0 Å². The molecular formula is C24H13BN4OS. The molecule has 31 heavy (non-hydrogen) atoms. The Morgan fingerprint density at radius 1 is 0.774 bits per heavy atom. The summed E-state index contributed by atoms with van der Waals surface area (Å²) >= 11 is 1.73. The Balaban J connectivity index is 1.66. The maximum Gasteiger partial charge on any atom is 0.221 e. The van der Waals surface area contributed by atoms with Crippen molar-refractivity contribution in [2.24, 2.45) is 0 Å². The van der Waals surface area contributed by atoms with Crippen molar-refractivity contribution in [3.8, 4) is 11.6 Å². The summed E-state index contributed by atoms with van der Waals surface area (Å²) < 4.78 is 6.40. The molecule has 0 aliphatic carbocycles. The molecule has 3 aromatic carbocycles. The monoisotopic (exact) mass is 416 g/mol. The lowest BCUT2D eigenvalue weighted by Crippen LogP contribution is -2.03. The van der Waals surface area contributed by atoms with E-state index in [1.165, 1.54) is 4.70 Å². The Hall–Kier alpha value is -3.84. The van der Waals surface area contributed by atoms with Gasteiger partial charge in [-0.15, -0.1) is 11.3 Å². The van der Waals surface area contributed by atoms with Gasteiger partial charge in [0, 0.05) is 16.2 Å². The molecule has 0 atom stereocenters. The number of hydrogen-bond donors (Lipinski definition) is 1. The van der Waals surface area contributed by atoms with E-state index in [1.54, 1.807) is 23.5 Å². The van der Waals surface area contributed by atoms with Crippen molar-refractivity contribution < 1.29 is 5.11 Å². The molecule has 0 fully saturated rings. The van der Waals surface area contributed by atoms with Gasteiger partial charge in [0.05, 0.1) is 32.3 Å². The van der Waals surface area contributed by atoms with Crippen LogP contribution in [0.2, 0.25) is 0 Å². The van der Waals surface area contributed by atoms with Crippen molar-refractivity contribution in [3.05, 3.63) is 72.8 Å². The topological polar surface area (TPSA) is 55.3 Å². The number of aromatic hydroxyl groups is 1. The van der Waals surface area contributed by atoms with Gasteiger partial charge in [0.2, 0.25) is 5.78 Å². The van der Waals surface area contributed by atoms with Crippen LogP contribution in [0.15, 0.2) is 72.8 Å². The van der Waals surface area contributed by atoms with Gasteiger partial charge in [0.1, 0.15) is 19.4 Å². The SMILES string of the molecule is [B]c1cccc2c1nc1n(-c3ccc4sc5ccccc5c4n3)c3cc(O)ccc3n21. The maximum atomic E-state index is 10.2. The third kappa shape index (κ3) is 2.21. The van der Waals surface area contributed by atoms with Crippen LogP contribution in [0.5, 0.6) is 5.75 Å². The summed E-state index contributed by atoms with van der Waals surface area (Å²) in [7, 11) is 6.22. The second-order valence-corrected chi connectivity index (χ2v) is 8.67. The molecule has 0 spiro atoms. The number of hydrogen-bond acceptors (Lipinski definition) is 4. The third-order valence-corrected chi connectivity index (χ3v) is 6.90. The first kappa shape index (κ1) is 16.9. The highest BCUT2D eigenvalue weighted by Gasteiger charge is 2.19. The zero-order chi connectivity index (χ0) is 20.7. The molecule has 0 bridgehead atoms. The van der Waals surface area contributed by atoms with Crippen LogP contribution in [0.3, 0.4) is 0 Å². The molecule has 2 radical (unpaired) electrons. The van der Waals surface area contributed by atoms with E-state index in [2.05, 4.69) is 22.6 Å². The van der Waals surface area contributed by atoms with Gasteiger partial charge in [-0.05, 0) is 36.4 Å². The summed E-state index contributed by atoms with van der Waals surface area (Å²) in [6.45, 7) is 0. The van der Waals surface area contributed by atoms with Gasteiger partial charge in [0.15, 0.2) is 0 Å². The Kier molecular flexibility index (Phi) is 3.20. The largest absolute Gasteiger partial charge is 0.508 e. The maximum absolute atomic E-state index is 10.2. The average Bonchev–Trinajstić information content (AvgIpc) is 3.42. The van der Waals surface area contributed by atoms with Crippen molar-refractivity contribution in [1.82, 2.24) is 18.9 Å². The number of rotatable bonds is 1. The van der Waals surface area contributed by atoms with E-state index < -0.39 is 0 Å². The number of aromatic nitrogens is 4. The minimum Gasteiger partial charge on any atom is -0.508 e. The van der Waals surface area contributed by atoms with E-state index in [9.17, 15) is 5.11 Å². The van der Waals surface area contributed by atoms with Gasteiger partial charge in [-0.25, -0.2) is 9.97 Å². The number of fused-ring (bicyclic) bond motifs is 8. The number of nitrogens with zero attached hydrogens (tertiary/aromatic N) is 4. The molecule has 0 aliphatic heterocycles. The lowest BCUT2D eigenvalue weighted by atomic mass is 9.95. The Morgan fingerprint density at radius 3 is 2.61 bits per heavy atom. The number of thiophene rings is 1. The Morgan fingerprint density at radius 2 is 1.68 bits per heavy atom. The van der Waals surface area contributed by atoms with Crippen LogP contribution in [-0.2, 0) is 0 Å². The summed E-state index contributed by atoms with van der Waals surface area (Å²) in [6.07, 6.45) is 0. The normalized spacial score (nSPS) is 12.1. The lowest BCUT2D eigenvalue weighted by Gasteiger charge is -2.05. The first-order valence-corrected chi connectivity index (χ1v) is 10.7. The van der Waals surface area contributed by atoms with Gasteiger partial charge in [-0.1, -0.05) is 35.8 Å². The first-order valence-electron chi connectivity index (χ1n) is 9.88. The predicted octanol–water partition coefficient (Wildman–Crippen LogP) is 4.69. The summed E-state index contributed by atoms with van der Waals surface area (Å²) in [4.78, 5) is 9.91. The fourth-order valence-corrected chi connectivity index (χ4v) is 5.46. The van der Waals surface area contributed by atoms with Crippen LogP contribution >= 0.6 is 11.3 Å². The molecule has 5 nitrogen and oxygen atoms in total. The summed E-state index contributed by atoms with van der Waals surface area (Å²) in [6, 6.07) is 23.5. The van der Waals surface area contributed by atoms with E-state index >= 15 is 0 Å². The second kappa shape index (κ2) is 5.86. The second-order valence-electron chi connectivity index (χ2n) is 7.59. The van der Waals surface area contributed by atoms with Crippen LogP contribution in [-0.4, -0.2) is 31.9 Å². The number of imidazole rings is 2. The van der Waals surface area contributed by atoms with E-state index in [0.717, 1.165) is 43.5 Å². The molecule has 0 amide bonds. The van der Waals surface area contributed by atoms with Crippen molar-refractivity contribution in [2.75, 3.05) is 0 Å². The number of phenolic OH excluding ortho intramolecular Hbond substituents is 1. The molecule has 144 valence electrons. The summed E-state index contributed by atoms with van der Waals surface area (Å²) in [5, 5.41) is 11.4. The molecule has 7 rings (SSSR count). The average molecular weight is 416 g/mol. The van der Waals surface area contributed by atoms with Crippen LogP contribution in [0, 0.1) is 0 Å². The number of benzene rings is 3. The zero-order valence-corrected chi connectivity index (χ0v) is 17.0. The van der Waals surface area contributed by atoms with Gasteiger partial charge in [-0.2, -0.15) is 0 Å². The molecular weight excluding hydrogens is 403 g/mol. The highest BCUT2D eigenvalue weighted by molar-refractivity contribution is 7.25. The molecule has 0 aliphatic rings. The van der Waals surface area contributed by atoms with Gasteiger partial charge < -0.3 is 5.11 Å². The quantitative estimate of drug-likeness (QED) is 0.395.